The van der Waals surface area contributed by atoms with Crippen molar-refractivity contribution in [1.82, 2.24) is 14.8 Å². The predicted molar refractivity (Wildman–Crippen MR) is 50.4 cm³/mol. The van der Waals surface area contributed by atoms with Crippen molar-refractivity contribution < 1.29 is 0 Å². The van der Waals surface area contributed by atoms with Gasteiger partial charge in [0.2, 0.25) is 11.8 Å². The molecule has 0 N–H and O–H groups in total. The Morgan fingerprint density at radius 1 is 1.38 bits per heavy atom. The van der Waals surface area contributed by atoms with E-state index in [4.69, 9.17) is 6.42 Å². The van der Waals surface area contributed by atoms with Gasteiger partial charge in [-0.25, -0.2) is 4.68 Å². The second-order valence-electron chi connectivity index (χ2n) is 3.20. The number of hydrogen-bond donors (Lipinski definition) is 0. The molecule has 0 aliphatic carbocycles. The summed E-state index contributed by atoms with van der Waals surface area (Å²) in [7, 11) is 1.82. The molecule has 0 radical (unpaired) electrons. The van der Waals surface area contributed by atoms with Gasteiger partial charge in [-0.05, 0) is 18.8 Å². The van der Waals surface area contributed by atoms with Gasteiger partial charge in [-0.15, -0.1) is 11.5 Å². The quantitative estimate of drug-likeness (QED) is 0.581. The summed E-state index contributed by atoms with van der Waals surface area (Å²) in [4.78, 5) is 6.42. The van der Waals surface area contributed by atoms with Gasteiger partial charge >= 0.3 is 0 Å². The maximum Gasteiger partial charge on any atom is 0.245 e. The van der Waals surface area contributed by atoms with Crippen molar-refractivity contribution in [1.29, 1.82) is 0 Å². The van der Waals surface area contributed by atoms with E-state index in [1.54, 1.807) is 4.68 Å². The Morgan fingerprint density at radius 2 is 2.08 bits per heavy atom. The van der Waals surface area contributed by atoms with Crippen LogP contribution >= 0.6 is 0 Å². The van der Waals surface area contributed by atoms with Gasteiger partial charge in [-0.2, -0.15) is 4.98 Å². The highest BCUT2D eigenvalue weighted by Gasteiger charge is 2.17. The Bertz CT molecular complexity index is 341. The zero-order chi connectivity index (χ0) is 9.26. The van der Waals surface area contributed by atoms with Gasteiger partial charge in [0.25, 0.3) is 0 Å². The maximum atomic E-state index is 5.27. The minimum Gasteiger partial charge on any atom is -0.340 e. The van der Waals surface area contributed by atoms with Crippen LogP contribution in [0.4, 0.5) is 5.95 Å². The standard InChI is InChI=1S/C9H12N4/c1-3-8-10-9(11-12(8)2)13-6-4-5-7-13/h1H,4-7H2,2H3. The van der Waals surface area contributed by atoms with Gasteiger partial charge in [0.05, 0.1) is 0 Å². The fourth-order valence-electron chi connectivity index (χ4n) is 1.55. The Labute approximate surface area is 77.6 Å². The monoisotopic (exact) mass is 176 g/mol. The number of terminal acetylenes is 1. The van der Waals surface area contributed by atoms with Gasteiger partial charge in [0, 0.05) is 20.1 Å². The summed E-state index contributed by atoms with van der Waals surface area (Å²) in [5, 5.41) is 4.25. The minimum atomic E-state index is 0.599. The summed E-state index contributed by atoms with van der Waals surface area (Å²) in [5.41, 5.74) is 0. The molecule has 0 saturated carbocycles. The number of rotatable bonds is 1. The molecule has 0 aromatic carbocycles. The highest BCUT2D eigenvalue weighted by Crippen LogP contribution is 2.15. The van der Waals surface area contributed by atoms with Gasteiger partial charge in [-0.1, -0.05) is 0 Å². The highest BCUT2D eigenvalue weighted by atomic mass is 15.4. The van der Waals surface area contributed by atoms with Crippen molar-refractivity contribution in [2.45, 2.75) is 12.8 Å². The van der Waals surface area contributed by atoms with Crippen LogP contribution in [-0.4, -0.2) is 27.9 Å². The molecule has 68 valence electrons. The summed E-state index contributed by atoms with van der Waals surface area (Å²) in [6.45, 7) is 2.10. The van der Waals surface area contributed by atoms with Crippen LogP contribution in [0.25, 0.3) is 0 Å². The largest absolute Gasteiger partial charge is 0.340 e. The first-order valence-corrected chi connectivity index (χ1v) is 4.44. The lowest BCUT2D eigenvalue weighted by Crippen LogP contribution is -2.19. The Hall–Kier alpha value is -1.50. The molecule has 1 aliphatic heterocycles. The fourth-order valence-corrected chi connectivity index (χ4v) is 1.55. The molecule has 2 heterocycles. The summed E-state index contributed by atoms with van der Waals surface area (Å²) in [5.74, 6) is 3.87. The van der Waals surface area contributed by atoms with Crippen molar-refractivity contribution in [3.05, 3.63) is 5.82 Å². The molecule has 0 bridgehead atoms. The van der Waals surface area contributed by atoms with E-state index >= 15 is 0 Å². The Kier molecular flexibility index (Phi) is 1.93. The zero-order valence-corrected chi connectivity index (χ0v) is 7.69. The van der Waals surface area contributed by atoms with Gasteiger partial charge < -0.3 is 4.90 Å². The van der Waals surface area contributed by atoms with Crippen LogP contribution in [0.15, 0.2) is 0 Å². The molecule has 13 heavy (non-hydrogen) atoms. The van der Waals surface area contributed by atoms with E-state index in [2.05, 4.69) is 20.9 Å². The summed E-state index contributed by atoms with van der Waals surface area (Å²) in [6, 6.07) is 0. The Balaban J connectivity index is 2.26. The molecule has 1 aromatic rings. The lowest BCUT2D eigenvalue weighted by atomic mass is 10.4. The second-order valence-corrected chi connectivity index (χ2v) is 3.20. The number of anilines is 1. The summed E-state index contributed by atoms with van der Waals surface area (Å²) >= 11 is 0. The first-order chi connectivity index (χ1) is 6.31. The molecule has 0 spiro atoms. The van der Waals surface area contributed by atoms with Crippen LogP contribution in [-0.2, 0) is 7.05 Å². The topological polar surface area (TPSA) is 34.0 Å². The summed E-state index contributed by atoms with van der Waals surface area (Å²) in [6.07, 6.45) is 7.72. The van der Waals surface area contributed by atoms with E-state index in [0.29, 0.717) is 5.82 Å². The van der Waals surface area contributed by atoms with E-state index in [1.807, 2.05) is 7.05 Å². The molecule has 1 aliphatic rings. The van der Waals surface area contributed by atoms with E-state index in [0.717, 1.165) is 19.0 Å². The van der Waals surface area contributed by atoms with Crippen LogP contribution in [0.1, 0.15) is 18.7 Å². The van der Waals surface area contributed by atoms with Crippen molar-refractivity contribution in [3.63, 3.8) is 0 Å². The molecule has 0 unspecified atom stereocenters. The van der Waals surface area contributed by atoms with Gasteiger partial charge in [-0.3, -0.25) is 0 Å². The van der Waals surface area contributed by atoms with E-state index in [9.17, 15) is 0 Å². The fraction of sp³-hybridized carbons (Fsp3) is 0.556. The molecule has 1 fully saturated rings. The van der Waals surface area contributed by atoms with E-state index in [-0.39, 0.29) is 0 Å². The van der Waals surface area contributed by atoms with Crippen molar-refractivity contribution >= 4 is 5.95 Å². The number of aromatic nitrogens is 3. The third-order valence-corrected chi connectivity index (χ3v) is 2.27. The van der Waals surface area contributed by atoms with Crippen molar-refractivity contribution in [2.75, 3.05) is 18.0 Å². The third kappa shape index (κ3) is 1.37. The average Bonchev–Trinajstić information content (AvgIpc) is 2.71. The normalized spacial score (nSPS) is 16.2. The van der Waals surface area contributed by atoms with E-state index in [1.165, 1.54) is 12.8 Å². The van der Waals surface area contributed by atoms with Gasteiger partial charge in [0.1, 0.15) is 0 Å². The first-order valence-electron chi connectivity index (χ1n) is 4.44. The SMILES string of the molecule is C#Cc1nc(N2CCCC2)nn1C. The van der Waals surface area contributed by atoms with E-state index < -0.39 is 0 Å². The van der Waals surface area contributed by atoms with Crippen LogP contribution in [0.5, 0.6) is 0 Å². The number of nitrogens with zero attached hydrogens (tertiary/aromatic N) is 4. The molecule has 0 atom stereocenters. The van der Waals surface area contributed by atoms with Gasteiger partial charge in [0.15, 0.2) is 0 Å². The predicted octanol–water partition coefficient (Wildman–Crippen LogP) is 0.397. The zero-order valence-electron chi connectivity index (χ0n) is 7.69. The summed E-state index contributed by atoms with van der Waals surface area (Å²) < 4.78 is 1.65. The average molecular weight is 176 g/mol. The lowest BCUT2D eigenvalue weighted by molar-refractivity contribution is 0.745. The third-order valence-electron chi connectivity index (χ3n) is 2.27. The second kappa shape index (κ2) is 3.09. The highest BCUT2D eigenvalue weighted by molar-refractivity contribution is 5.33. The first kappa shape index (κ1) is 8.11. The number of aryl methyl sites for hydroxylation is 1. The van der Waals surface area contributed by atoms with Crippen LogP contribution in [0.2, 0.25) is 0 Å². The Morgan fingerprint density at radius 3 is 2.62 bits per heavy atom. The van der Waals surface area contributed by atoms with Crippen molar-refractivity contribution in [2.24, 2.45) is 7.05 Å². The molecule has 2 rings (SSSR count). The molecular weight excluding hydrogens is 164 g/mol. The molecule has 4 heteroatoms. The molecule has 1 aromatic heterocycles. The molecular formula is C9H12N4. The molecule has 1 saturated heterocycles. The van der Waals surface area contributed by atoms with Crippen LogP contribution in [0, 0.1) is 12.3 Å². The minimum absolute atomic E-state index is 0.599. The van der Waals surface area contributed by atoms with Crippen LogP contribution < -0.4 is 4.90 Å². The maximum absolute atomic E-state index is 5.27. The molecule has 4 nitrogen and oxygen atoms in total. The van der Waals surface area contributed by atoms with Crippen LogP contribution in [0.3, 0.4) is 0 Å². The lowest BCUT2D eigenvalue weighted by Gasteiger charge is -2.10. The molecule has 0 amide bonds. The smallest absolute Gasteiger partial charge is 0.245 e. The number of hydrogen-bond acceptors (Lipinski definition) is 3. The van der Waals surface area contributed by atoms with Crippen molar-refractivity contribution in [3.8, 4) is 12.3 Å².